The van der Waals surface area contributed by atoms with E-state index in [1.165, 1.54) is 0 Å². The molecule has 0 aromatic heterocycles. The number of para-hydroxylation sites is 1. The average Bonchev–Trinajstić information content (AvgIpc) is 2.97. The molecular formula is C21H19ClN2O4S. The molecule has 3 rings (SSSR count). The number of carbonyl (C=O) groups is 3. The summed E-state index contributed by atoms with van der Waals surface area (Å²) in [5, 5.41) is 2.92. The quantitative estimate of drug-likeness (QED) is 0.673. The normalized spacial score (nSPS) is 16.2. The van der Waals surface area contributed by atoms with E-state index in [9.17, 15) is 14.4 Å². The number of imide groups is 1. The first kappa shape index (κ1) is 21.0. The second-order valence-corrected chi connectivity index (χ2v) is 7.68. The Morgan fingerprint density at radius 2 is 1.86 bits per heavy atom. The zero-order valence-electron chi connectivity index (χ0n) is 15.6. The summed E-state index contributed by atoms with van der Waals surface area (Å²) < 4.78 is 5.55. The Balaban J connectivity index is 1.51. The highest BCUT2D eigenvalue weighted by Gasteiger charge is 2.34. The molecule has 1 atom stereocenters. The summed E-state index contributed by atoms with van der Waals surface area (Å²) in [7, 11) is 0. The third kappa shape index (κ3) is 5.62. The molecule has 1 aliphatic heterocycles. The van der Waals surface area contributed by atoms with E-state index in [0.29, 0.717) is 15.7 Å². The number of benzene rings is 2. The van der Waals surface area contributed by atoms with Crippen molar-refractivity contribution in [2.75, 3.05) is 13.1 Å². The fourth-order valence-corrected chi connectivity index (χ4v) is 3.59. The number of amides is 3. The fourth-order valence-electron chi connectivity index (χ4n) is 2.59. The van der Waals surface area contributed by atoms with Gasteiger partial charge in [-0.25, -0.2) is 0 Å². The number of nitrogens with one attached hydrogen (secondary N) is 1. The molecule has 0 spiro atoms. The number of hydrogen-bond donors (Lipinski definition) is 1. The minimum Gasteiger partial charge on any atom is -0.481 e. The molecule has 2 aromatic carbocycles. The average molecular weight is 431 g/mol. The predicted molar refractivity (Wildman–Crippen MR) is 114 cm³/mol. The Hall–Kier alpha value is -2.77. The van der Waals surface area contributed by atoms with Gasteiger partial charge in [-0.15, -0.1) is 0 Å². The minimum absolute atomic E-state index is 0.0897. The molecule has 0 radical (unpaired) electrons. The molecule has 0 bridgehead atoms. The van der Waals surface area contributed by atoms with Crippen molar-refractivity contribution in [3.05, 3.63) is 70.1 Å². The molecule has 1 aliphatic rings. The summed E-state index contributed by atoms with van der Waals surface area (Å²) in [6.07, 6.45) is 0.951. The van der Waals surface area contributed by atoms with Gasteiger partial charge in [0.15, 0.2) is 6.10 Å². The Labute approximate surface area is 177 Å². The van der Waals surface area contributed by atoms with Crippen molar-refractivity contribution in [1.29, 1.82) is 0 Å². The van der Waals surface area contributed by atoms with Crippen LogP contribution in [0.3, 0.4) is 0 Å². The summed E-state index contributed by atoms with van der Waals surface area (Å²) in [6.45, 7) is 1.87. The second-order valence-electron chi connectivity index (χ2n) is 6.25. The van der Waals surface area contributed by atoms with Gasteiger partial charge in [-0.3, -0.25) is 19.3 Å². The smallest absolute Gasteiger partial charge is 0.293 e. The van der Waals surface area contributed by atoms with Crippen molar-refractivity contribution in [2.45, 2.75) is 13.0 Å². The van der Waals surface area contributed by atoms with E-state index in [1.54, 1.807) is 49.4 Å². The Kier molecular flexibility index (Phi) is 6.95. The van der Waals surface area contributed by atoms with Crippen molar-refractivity contribution >= 4 is 46.5 Å². The molecular weight excluding hydrogens is 412 g/mol. The molecule has 0 aliphatic carbocycles. The number of rotatable bonds is 7. The lowest BCUT2D eigenvalue weighted by Gasteiger charge is -2.16. The van der Waals surface area contributed by atoms with Gasteiger partial charge in [0.25, 0.3) is 17.1 Å². The third-order valence-corrected chi connectivity index (χ3v) is 5.26. The molecule has 3 amide bonds. The van der Waals surface area contributed by atoms with Gasteiger partial charge in [0.2, 0.25) is 0 Å². The molecule has 1 saturated heterocycles. The van der Waals surface area contributed by atoms with Gasteiger partial charge >= 0.3 is 0 Å². The van der Waals surface area contributed by atoms with Crippen LogP contribution in [0.15, 0.2) is 59.5 Å². The van der Waals surface area contributed by atoms with Crippen LogP contribution in [0.4, 0.5) is 4.79 Å². The first-order chi connectivity index (χ1) is 13.9. The van der Waals surface area contributed by atoms with Crippen LogP contribution in [0.5, 0.6) is 5.75 Å². The monoisotopic (exact) mass is 430 g/mol. The maximum atomic E-state index is 12.5. The van der Waals surface area contributed by atoms with Crippen molar-refractivity contribution in [1.82, 2.24) is 10.2 Å². The summed E-state index contributed by atoms with van der Waals surface area (Å²) >= 11 is 6.73. The predicted octanol–water partition coefficient (Wildman–Crippen LogP) is 3.96. The zero-order chi connectivity index (χ0) is 20.8. The molecule has 2 aromatic rings. The molecule has 1 heterocycles. The van der Waals surface area contributed by atoms with E-state index in [4.69, 9.17) is 16.3 Å². The van der Waals surface area contributed by atoms with Crippen LogP contribution in [0, 0.1) is 0 Å². The van der Waals surface area contributed by atoms with E-state index in [0.717, 1.165) is 22.2 Å². The van der Waals surface area contributed by atoms with Crippen LogP contribution < -0.4 is 10.1 Å². The third-order valence-electron chi connectivity index (χ3n) is 4.10. The number of thioether (sulfide) groups is 1. The Morgan fingerprint density at radius 3 is 2.55 bits per heavy atom. The van der Waals surface area contributed by atoms with Crippen LogP contribution in [-0.4, -0.2) is 41.1 Å². The molecule has 0 saturated carbocycles. The molecule has 29 heavy (non-hydrogen) atoms. The summed E-state index contributed by atoms with van der Waals surface area (Å²) in [5.41, 5.74) is 0.778. The van der Waals surface area contributed by atoms with Gasteiger partial charge in [0, 0.05) is 18.1 Å². The Bertz CT molecular complexity index is 931. The SMILES string of the molecule is C[C@@H](Oc1ccccc1)C(=O)NCCN1C(=O)S/C(=C\c2ccc(Cl)cc2)C1=O. The molecule has 0 unspecified atom stereocenters. The van der Waals surface area contributed by atoms with Crippen LogP contribution in [0.25, 0.3) is 6.08 Å². The summed E-state index contributed by atoms with van der Waals surface area (Å²) in [5.74, 6) is -0.108. The van der Waals surface area contributed by atoms with Crippen LogP contribution in [-0.2, 0) is 9.59 Å². The Morgan fingerprint density at radius 1 is 1.17 bits per heavy atom. The number of carbonyl (C=O) groups excluding carboxylic acids is 3. The zero-order valence-corrected chi connectivity index (χ0v) is 17.2. The van der Waals surface area contributed by atoms with Gasteiger partial charge < -0.3 is 10.1 Å². The molecule has 1 fully saturated rings. The van der Waals surface area contributed by atoms with Gasteiger partial charge in [0.1, 0.15) is 5.75 Å². The number of ether oxygens (including phenoxy) is 1. The van der Waals surface area contributed by atoms with E-state index in [2.05, 4.69) is 5.32 Å². The number of hydrogen-bond acceptors (Lipinski definition) is 5. The molecule has 150 valence electrons. The topological polar surface area (TPSA) is 75.7 Å². The van der Waals surface area contributed by atoms with Gasteiger partial charge in [0.05, 0.1) is 4.91 Å². The van der Waals surface area contributed by atoms with Gasteiger partial charge in [-0.05, 0) is 54.6 Å². The van der Waals surface area contributed by atoms with Gasteiger partial charge in [-0.2, -0.15) is 0 Å². The van der Waals surface area contributed by atoms with Gasteiger partial charge in [-0.1, -0.05) is 41.9 Å². The molecule has 8 heteroatoms. The van der Waals surface area contributed by atoms with Crippen LogP contribution >= 0.6 is 23.4 Å². The van der Waals surface area contributed by atoms with Crippen molar-refractivity contribution in [3.8, 4) is 5.75 Å². The lowest BCUT2D eigenvalue weighted by atomic mass is 10.2. The van der Waals surface area contributed by atoms with Crippen LogP contribution in [0.1, 0.15) is 12.5 Å². The summed E-state index contributed by atoms with van der Waals surface area (Å²) in [6, 6.07) is 16.0. The lowest BCUT2D eigenvalue weighted by molar-refractivity contribution is -0.128. The maximum absolute atomic E-state index is 12.5. The van der Waals surface area contributed by atoms with Crippen molar-refractivity contribution < 1.29 is 19.1 Å². The maximum Gasteiger partial charge on any atom is 0.293 e. The first-order valence-electron chi connectivity index (χ1n) is 8.94. The highest BCUT2D eigenvalue weighted by molar-refractivity contribution is 8.18. The highest BCUT2D eigenvalue weighted by atomic mass is 35.5. The number of nitrogens with zero attached hydrogens (tertiary/aromatic N) is 1. The van der Waals surface area contributed by atoms with E-state index in [-0.39, 0.29) is 30.1 Å². The second kappa shape index (κ2) is 9.62. The fraction of sp³-hybridized carbons (Fsp3) is 0.190. The lowest BCUT2D eigenvalue weighted by Crippen LogP contribution is -2.41. The first-order valence-corrected chi connectivity index (χ1v) is 10.1. The van der Waals surface area contributed by atoms with Crippen molar-refractivity contribution in [3.63, 3.8) is 0 Å². The summed E-state index contributed by atoms with van der Waals surface area (Å²) in [4.78, 5) is 38.3. The highest BCUT2D eigenvalue weighted by Crippen LogP contribution is 2.32. The minimum atomic E-state index is -0.697. The standard InChI is InChI=1S/C21H19ClN2O4S/c1-14(28-17-5-3-2-4-6-17)19(25)23-11-12-24-20(26)18(29-21(24)27)13-15-7-9-16(22)10-8-15/h2-10,13-14H,11-12H2,1H3,(H,23,25)/b18-13-/t14-/m1/s1. The van der Waals surface area contributed by atoms with E-state index in [1.807, 2.05) is 18.2 Å². The van der Waals surface area contributed by atoms with E-state index >= 15 is 0 Å². The van der Waals surface area contributed by atoms with E-state index < -0.39 is 6.10 Å². The van der Waals surface area contributed by atoms with Crippen molar-refractivity contribution in [2.24, 2.45) is 0 Å². The van der Waals surface area contributed by atoms with Crippen LogP contribution in [0.2, 0.25) is 5.02 Å². The largest absolute Gasteiger partial charge is 0.481 e. The molecule has 1 N–H and O–H groups in total. The number of halogens is 1. The molecule has 6 nitrogen and oxygen atoms in total.